The number of nitrogens with zero attached hydrogens (tertiary/aromatic N) is 3. The summed E-state index contributed by atoms with van der Waals surface area (Å²) in [5.74, 6) is 0.504. The van der Waals surface area contributed by atoms with Crippen LogP contribution in [0, 0.1) is 19.7 Å². The monoisotopic (exact) mass is 358 g/mol. The molecule has 0 fully saturated rings. The number of aromatic nitrogens is 4. The Balaban J connectivity index is 1.53. The standard InChI is InChI=1S/C22H19FN4/c1-15-11-17(3-9-21(15)27-13-16(2)25-14-27)4-10-22-24-12-20(26-22)18-5-7-19(23)8-6-18/h3-14H,1-2H3,(H,24,26)/b10-4+. The minimum atomic E-state index is -0.247. The molecule has 2 aromatic carbocycles. The van der Waals surface area contributed by atoms with E-state index in [4.69, 9.17) is 0 Å². The fourth-order valence-corrected chi connectivity index (χ4v) is 3.00. The van der Waals surface area contributed by atoms with Gasteiger partial charge in [0.05, 0.1) is 23.9 Å². The smallest absolute Gasteiger partial charge is 0.130 e. The lowest BCUT2D eigenvalue weighted by atomic mass is 10.1. The zero-order valence-corrected chi connectivity index (χ0v) is 15.1. The van der Waals surface area contributed by atoms with Crippen LogP contribution in [0.2, 0.25) is 0 Å². The minimum Gasteiger partial charge on any atom is -0.338 e. The first-order valence-corrected chi connectivity index (χ1v) is 8.69. The maximum absolute atomic E-state index is 13.0. The molecule has 0 aliphatic heterocycles. The van der Waals surface area contributed by atoms with Crippen LogP contribution in [-0.4, -0.2) is 19.5 Å². The predicted octanol–water partition coefficient (Wildman–Crippen LogP) is 5.19. The van der Waals surface area contributed by atoms with Gasteiger partial charge in [0.25, 0.3) is 0 Å². The molecule has 5 heteroatoms. The van der Waals surface area contributed by atoms with E-state index in [9.17, 15) is 4.39 Å². The molecule has 0 bridgehead atoms. The van der Waals surface area contributed by atoms with Crippen LogP contribution in [0.15, 0.2) is 61.2 Å². The van der Waals surface area contributed by atoms with E-state index in [0.29, 0.717) is 0 Å². The molecule has 0 spiro atoms. The predicted molar refractivity (Wildman–Crippen MR) is 106 cm³/mol. The third-order valence-corrected chi connectivity index (χ3v) is 4.40. The lowest BCUT2D eigenvalue weighted by Gasteiger charge is -2.07. The molecule has 0 aliphatic carbocycles. The van der Waals surface area contributed by atoms with Gasteiger partial charge >= 0.3 is 0 Å². The number of imidazole rings is 2. The van der Waals surface area contributed by atoms with Gasteiger partial charge in [-0.2, -0.15) is 0 Å². The van der Waals surface area contributed by atoms with Crippen LogP contribution in [0.5, 0.6) is 0 Å². The Hall–Kier alpha value is -3.47. The van der Waals surface area contributed by atoms with Gasteiger partial charge in [-0.3, -0.25) is 0 Å². The van der Waals surface area contributed by atoms with Gasteiger partial charge in [-0.25, -0.2) is 14.4 Å². The maximum atomic E-state index is 13.0. The normalized spacial score (nSPS) is 11.4. The van der Waals surface area contributed by atoms with Crippen LogP contribution in [0.1, 0.15) is 22.6 Å². The van der Waals surface area contributed by atoms with Gasteiger partial charge in [0, 0.05) is 11.9 Å². The molecule has 0 atom stereocenters. The van der Waals surface area contributed by atoms with Crippen molar-refractivity contribution in [2.24, 2.45) is 0 Å². The average Bonchev–Trinajstić information content (AvgIpc) is 3.30. The molecule has 0 aliphatic rings. The van der Waals surface area contributed by atoms with Crippen molar-refractivity contribution in [2.45, 2.75) is 13.8 Å². The van der Waals surface area contributed by atoms with Gasteiger partial charge in [-0.1, -0.05) is 12.1 Å². The lowest BCUT2D eigenvalue weighted by molar-refractivity contribution is 0.628. The van der Waals surface area contributed by atoms with Crippen molar-refractivity contribution in [1.29, 1.82) is 0 Å². The van der Waals surface area contributed by atoms with Crippen molar-refractivity contribution in [3.63, 3.8) is 0 Å². The molecule has 1 N–H and O–H groups in total. The second-order valence-electron chi connectivity index (χ2n) is 6.49. The number of nitrogens with one attached hydrogen (secondary N) is 1. The van der Waals surface area contributed by atoms with Crippen molar-refractivity contribution in [3.8, 4) is 16.9 Å². The van der Waals surface area contributed by atoms with Crippen LogP contribution < -0.4 is 0 Å². The molecule has 2 aromatic heterocycles. The molecular formula is C22H19FN4. The quantitative estimate of drug-likeness (QED) is 0.546. The van der Waals surface area contributed by atoms with Crippen molar-refractivity contribution in [1.82, 2.24) is 19.5 Å². The van der Waals surface area contributed by atoms with Crippen LogP contribution in [0.3, 0.4) is 0 Å². The Kier molecular flexibility index (Phi) is 4.42. The summed E-state index contributed by atoms with van der Waals surface area (Å²) in [4.78, 5) is 11.9. The van der Waals surface area contributed by atoms with E-state index in [0.717, 1.165) is 34.0 Å². The molecule has 0 amide bonds. The zero-order valence-electron chi connectivity index (χ0n) is 15.1. The van der Waals surface area contributed by atoms with Crippen molar-refractivity contribution >= 4 is 12.2 Å². The summed E-state index contributed by atoms with van der Waals surface area (Å²) in [6.07, 6.45) is 9.54. The molecule has 4 aromatic rings. The highest BCUT2D eigenvalue weighted by atomic mass is 19.1. The highest BCUT2D eigenvalue weighted by Gasteiger charge is 2.04. The molecule has 2 heterocycles. The van der Waals surface area contributed by atoms with Gasteiger partial charge in [0.15, 0.2) is 0 Å². The third-order valence-electron chi connectivity index (χ3n) is 4.40. The second kappa shape index (κ2) is 7.03. The number of H-pyrrole nitrogens is 1. The van der Waals surface area contributed by atoms with Crippen molar-refractivity contribution in [3.05, 3.63) is 89.6 Å². The van der Waals surface area contributed by atoms with Crippen LogP contribution in [0.4, 0.5) is 4.39 Å². The third kappa shape index (κ3) is 3.72. The van der Waals surface area contributed by atoms with Gasteiger partial charge in [-0.15, -0.1) is 0 Å². The molecular weight excluding hydrogens is 339 g/mol. The van der Waals surface area contributed by atoms with Gasteiger partial charge in [0.2, 0.25) is 0 Å². The summed E-state index contributed by atoms with van der Waals surface area (Å²) in [7, 11) is 0. The Bertz CT molecular complexity index is 1100. The largest absolute Gasteiger partial charge is 0.338 e. The van der Waals surface area contributed by atoms with E-state index in [-0.39, 0.29) is 5.82 Å². The molecule has 4 rings (SSSR count). The maximum Gasteiger partial charge on any atom is 0.130 e. The van der Waals surface area contributed by atoms with Crippen LogP contribution in [0.25, 0.3) is 29.1 Å². The Morgan fingerprint density at radius 1 is 1.00 bits per heavy atom. The molecule has 134 valence electrons. The zero-order chi connectivity index (χ0) is 18.8. The van der Waals surface area contributed by atoms with E-state index < -0.39 is 0 Å². The summed E-state index contributed by atoms with van der Waals surface area (Å²) < 4.78 is 15.1. The number of aromatic amines is 1. The SMILES string of the molecule is Cc1cn(-c2ccc(/C=C/c3ncc(-c4ccc(F)cc4)[nH]3)cc2C)cn1. The Morgan fingerprint density at radius 3 is 2.52 bits per heavy atom. The first-order chi connectivity index (χ1) is 13.1. The summed E-state index contributed by atoms with van der Waals surface area (Å²) >= 11 is 0. The number of hydrogen-bond acceptors (Lipinski definition) is 2. The molecule has 0 saturated heterocycles. The van der Waals surface area contributed by atoms with Gasteiger partial charge < -0.3 is 9.55 Å². The molecule has 0 unspecified atom stereocenters. The molecule has 4 nitrogen and oxygen atoms in total. The fourth-order valence-electron chi connectivity index (χ4n) is 3.00. The highest BCUT2D eigenvalue weighted by molar-refractivity contribution is 5.69. The number of benzene rings is 2. The molecule has 0 saturated carbocycles. The fraction of sp³-hybridized carbons (Fsp3) is 0.0909. The summed E-state index contributed by atoms with van der Waals surface area (Å²) in [6.45, 7) is 4.06. The second-order valence-corrected chi connectivity index (χ2v) is 6.49. The van der Waals surface area contributed by atoms with Crippen molar-refractivity contribution < 1.29 is 4.39 Å². The number of rotatable bonds is 4. The topological polar surface area (TPSA) is 46.5 Å². The van der Waals surface area contributed by atoms with E-state index in [1.54, 1.807) is 18.3 Å². The summed E-state index contributed by atoms with van der Waals surface area (Å²) in [5.41, 5.74) is 6.13. The Labute approximate surface area is 157 Å². The first-order valence-electron chi connectivity index (χ1n) is 8.69. The number of aryl methyl sites for hydroxylation is 2. The summed E-state index contributed by atoms with van der Waals surface area (Å²) in [6, 6.07) is 12.6. The van der Waals surface area contributed by atoms with Crippen LogP contribution in [-0.2, 0) is 0 Å². The van der Waals surface area contributed by atoms with E-state index in [1.165, 1.54) is 17.7 Å². The lowest BCUT2D eigenvalue weighted by Crippen LogP contribution is -1.94. The number of hydrogen-bond donors (Lipinski definition) is 1. The van der Waals surface area contributed by atoms with Crippen LogP contribution >= 0.6 is 0 Å². The minimum absolute atomic E-state index is 0.247. The van der Waals surface area contributed by atoms with E-state index in [1.807, 2.05) is 36.2 Å². The summed E-state index contributed by atoms with van der Waals surface area (Å²) in [5, 5.41) is 0. The number of halogens is 1. The van der Waals surface area contributed by atoms with Gasteiger partial charge in [0.1, 0.15) is 11.6 Å². The average molecular weight is 358 g/mol. The molecule has 0 radical (unpaired) electrons. The van der Waals surface area contributed by atoms with E-state index in [2.05, 4.69) is 40.1 Å². The van der Waals surface area contributed by atoms with Crippen molar-refractivity contribution in [2.75, 3.05) is 0 Å². The Morgan fingerprint density at radius 2 is 1.81 bits per heavy atom. The first kappa shape index (κ1) is 17.0. The highest BCUT2D eigenvalue weighted by Crippen LogP contribution is 2.20. The molecule has 27 heavy (non-hydrogen) atoms. The van der Waals surface area contributed by atoms with Gasteiger partial charge in [-0.05, 0) is 73.0 Å². The van der Waals surface area contributed by atoms with E-state index >= 15 is 0 Å².